The number of nitrogens with one attached hydrogen (secondary N) is 1. The Morgan fingerprint density at radius 1 is 1.10 bits per heavy atom. The third kappa shape index (κ3) is 4.96. The first-order valence-corrected chi connectivity index (χ1v) is 11.0. The number of amides is 1. The summed E-state index contributed by atoms with van der Waals surface area (Å²) in [7, 11) is 0. The summed E-state index contributed by atoms with van der Waals surface area (Å²) in [5.74, 6) is -0.428. The number of halogens is 2. The normalized spacial score (nSPS) is 15.5. The van der Waals surface area contributed by atoms with Crippen molar-refractivity contribution in [3.8, 4) is 0 Å². The van der Waals surface area contributed by atoms with Crippen molar-refractivity contribution in [1.29, 1.82) is 0 Å². The second-order valence-corrected chi connectivity index (χ2v) is 8.32. The zero-order chi connectivity index (χ0) is 21.8. The molecule has 0 atom stereocenters. The fraction of sp³-hybridized carbons (Fsp3) is 0.400. The molecular weight excluding hydrogens is 396 g/mol. The second-order valence-electron chi connectivity index (χ2n) is 8.32. The van der Waals surface area contributed by atoms with E-state index >= 15 is 0 Å². The van der Waals surface area contributed by atoms with E-state index in [2.05, 4.69) is 27.8 Å². The minimum atomic E-state index is -0.566. The zero-order valence-corrected chi connectivity index (χ0v) is 17.9. The summed E-state index contributed by atoms with van der Waals surface area (Å²) >= 11 is 0. The first-order chi connectivity index (χ1) is 15.0. The quantitative estimate of drug-likeness (QED) is 0.597. The topological polar surface area (TPSA) is 37.3 Å². The summed E-state index contributed by atoms with van der Waals surface area (Å²) in [5, 5.41) is 3.73. The van der Waals surface area contributed by atoms with Crippen LogP contribution in [0.1, 0.15) is 40.5 Å². The zero-order valence-electron chi connectivity index (χ0n) is 17.9. The van der Waals surface area contributed by atoms with E-state index in [4.69, 9.17) is 0 Å². The molecule has 0 unspecified atom stereocenters. The highest BCUT2D eigenvalue weighted by molar-refractivity contribution is 5.98. The maximum Gasteiger partial charge on any atom is 0.251 e. The van der Waals surface area contributed by atoms with E-state index in [1.807, 2.05) is 24.3 Å². The molecule has 1 amide bonds. The number of carbonyl (C=O) groups excluding carboxylic acids is 1. The average molecular weight is 426 g/mol. The van der Waals surface area contributed by atoms with Crippen molar-refractivity contribution in [3.05, 3.63) is 71.2 Å². The number of carbonyl (C=O) groups is 1. The number of hydrogen-bond donors (Lipinski definition) is 1. The Hall–Kier alpha value is -2.73. The molecule has 0 spiro atoms. The maximum atomic E-state index is 13.1. The van der Waals surface area contributed by atoms with Crippen LogP contribution in [-0.2, 0) is 6.42 Å². The molecule has 3 aromatic rings. The average Bonchev–Trinajstić information content (AvgIpc) is 3.12. The Balaban J connectivity index is 1.42. The highest BCUT2D eigenvalue weighted by Gasteiger charge is 2.23. The highest BCUT2D eigenvalue weighted by atomic mass is 19.1. The summed E-state index contributed by atoms with van der Waals surface area (Å²) in [6.07, 6.45) is 3.02. The lowest BCUT2D eigenvalue weighted by molar-refractivity contribution is 0.0951. The van der Waals surface area contributed by atoms with Gasteiger partial charge in [-0.3, -0.25) is 4.79 Å². The summed E-state index contributed by atoms with van der Waals surface area (Å²) in [5.41, 5.74) is 3.99. The van der Waals surface area contributed by atoms with Crippen molar-refractivity contribution >= 4 is 16.8 Å². The van der Waals surface area contributed by atoms with E-state index in [9.17, 15) is 13.6 Å². The van der Waals surface area contributed by atoms with Crippen LogP contribution in [-0.4, -0.2) is 48.2 Å². The fourth-order valence-corrected chi connectivity index (χ4v) is 4.59. The molecule has 2 aromatic carbocycles. The predicted octanol–water partition coefficient (Wildman–Crippen LogP) is 4.67. The Kier molecular flexibility index (Phi) is 6.66. The third-order valence-corrected chi connectivity index (χ3v) is 6.23. The van der Waals surface area contributed by atoms with E-state index < -0.39 is 6.67 Å². The van der Waals surface area contributed by atoms with Crippen molar-refractivity contribution in [2.75, 3.05) is 32.9 Å². The number of fused-ring (bicyclic) bond motifs is 1. The number of likely N-dealkylation sites (tertiary alicyclic amines) is 1. The van der Waals surface area contributed by atoms with Gasteiger partial charge in [-0.15, -0.1) is 0 Å². The molecule has 0 aliphatic carbocycles. The molecule has 0 bridgehead atoms. The van der Waals surface area contributed by atoms with Gasteiger partial charge in [-0.05, 0) is 67.5 Å². The number of rotatable bonds is 7. The molecule has 6 heteroatoms. The molecule has 1 aliphatic rings. The Bertz CT molecular complexity index is 1040. The Morgan fingerprint density at radius 2 is 1.84 bits per heavy atom. The van der Waals surface area contributed by atoms with Crippen molar-refractivity contribution in [1.82, 2.24) is 14.8 Å². The van der Waals surface area contributed by atoms with Crippen LogP contribution in [0.15, 0.2) is 48.5 Å². The highest BCUT2D eigenvalue weighted by Crippen LogP contribution is 2.31. The van der Waals surface area contributed by atoms with Crippen LogP contribution in [0.3, 0.4) is 0 Å². The van der Waals surface area contributed by atoms with E-state index in [0.29, 0.717) is 11.6 Å². The third-order valence-electron chi connectivity index (χ3n) is 6.23. The minimum Gasteiger partial charge on any atom is -0.349 e. The molecule has 164 valence electrons. The van der Waals surface area contributed by atoms with Crippen LogP contribution >= 0.6 is 0 Å². The molecule has 1 aliphatic heterocycles. The van der Waals surface area contributed by atoms with Crippen molar-refractivity contribution in [2.45, 2.75) is 32.2 Å². The van der Waals surface area contributed by atoms with Gasteiger partial charge in [0.2, 0.25) is 0 Å². The first kappa shape index (κ1) is 21.5. The Labute approximate surface area is 181 Å². The minimum absolute atomic E-state index is 0.0350. The first-order valence-electron chi connectivity index (χ1n) is 11.0. The Morgan fingerprint density at radius 3 is 2.55 bits per heavy atom. The predicted molar refractivity (Wildman–Crippen MR) is 120 cm³/mol. The smallest absolute Gasteiger partial charge is 0.251 e. The largest absolute Gasteiger partial charge is 0.349 e. The molecule has 2 heterocycles. The van der Waals surface area contributed by atoms with Gasteiger partial charge in [0.25, 0.3) is 5.91 Å². The molecule has 1 fully saturated rings. The van der Waals surface area contributed by atoms with Gasteiger partial charge in [-0.2, -0.15) is 0 Å². The van der Waals surface area contributed by atoms with Gasteiger partial charge >= 0.3 is 0 Å². The molecular formula is C25H29F2N3O. The molecule has 1 saturated heterocycles. The van der Waals surface area contributed by atoms with Crippen LogP contribution in [0.4, 0.5) is 8.78 Å². The van der Waals surface area contributed by atoms with Gasteiger partial charge in [0.1, 0.15) is 12.5 Å². The second kappa shape index (κ2) is 9.60. The van der Waals surface area contributed by atoms with Crippen LogP contribution in [0.2, 0.25) is 0 Å². The van der Waals surface area contributed by atoms with Crippen LogP contribution < -0.4 is 5.32 Å². The number of piperidine rings is 1. The summed E-state index contributed by atoms with van der Waals surface area (Å²) in [6, 6.07) is 15.0. The lowest BCUT2D eigenvalue weighted by Gasteiger charge is -2.34. The van der Waals surface area contributed by atoms with Gasteiger partial charge in [-0.25, -0.2) is 8.78 Å². The molecule has 1 N–H and O–H groups in total. The van der Waals surface area contributed by atoms with Crippen LogP contribution in [0.25, 0.3) is 10.9 Å². The van der Waals surface area contributed by atoms with E-state index in [1.54, 1.807) is 6.07 Å². The number of benzene rings is 2. The number of alkyl halides is 1. The van der Waals surface area contributed by atoms with E-state index in [-0.39, 0.29) is 18.3 Å². The molecule has 4 nitrogen and oxygen atoms in total. The van der Waals surface area contributed by atoms with Crippen LogP contribution in [0, 0.1) is 12.7 Å². The lowest BCUT2D eigenvalue weighted by Crippen LogP contribution is -2.36. The number of nitrogens with zero attached hydrogens (tertiary/aromatic N) is 2. The van der Waals surface area contributed by atoms with Crippen LogP contribution in [0.5, 0.6) is 0 Å². The van der Waals surface area contributed by atoms with E-state index in [0.717, 1.165) is 55.4 Å². The SMILES string of the molecule is Cc1cc2ccc(C(=O)NCCF)cc2n1C1CCN(CCc2ccc(F)cc2)CC1. The fourth-order valence-electron chi connectivity index (χ4n) is 4.59. The number of aromatic nitrogens is 1. The number of hydrogen-bond acceptors (Lipinski definition) is 2. The summed E-state index contributed by atoms with van der Waals surface area (Å²) in [6.45, 7) is 4.59. The van der Waals surface area contributed by atoms with Crippen molar-refractivity contribution < 1.29 is 13.6 Å². The maximum absolute atomic E-state index is 13.1. The summed E-state index contributed by atoms with van der Waals surface area (Å²) < 4.78 is 27.8. The van der Waals surface area contributed by atoms with Crippen molar-refractivity contribution in [3.63, 3.8) is 0 Å². The molecule has 4 rings (SSSR count). The van der Waals surface area contributed by atoms with Crippen molar-refractivity contribution in [2.24, 2.45) is 0 Å². The van der Waals surface area contributed by atoms with Gasteiger partial charge in [-0.1, -0.05) is 18.2 Å². The number of aryl methyl sites for hydroxylation is 1. The molecule has 0 radical (unpaired) electrons. The van der Waals surface area contributed by atoms with Gasteiger partial charge in [0.05, 0.1) is 0 Å². The lowest BCUT2D eigenvalue weighted by atomic mass is 10.0. The van der Waals surface area contributed by atoms with Gasteiger partial charge in [0.15, 0.2) is 0 Å². The van der Waals surface area contributed by atoms with E-state index in [1.165, 1.54) is 17.8 Å². The molecule has 31 heavy (non-hydrogen) atoms. The molecule has 0 saturated carbocycles. The van der Waals surface area contributed by atoms with Gasteiger partial charge < -0.3 is 14.8 Å². The molecule has 1 aromatic heterocycles. The summed E-state index contributed by atoms with van der Waals surface area (Å²) in [4.78, 5) is 14.7. The van der Waals surface area contributed by atoms with Gasteiger partial charge in [0, 0.05) is 49.0 Å². The standard InChI is InChI=1S/C25H29F2N3O/c1-18-16-20-4-5-21(25(31)28-12-11-26)17-24(20)30(18)23-9-14-29(15-10-23)13-8-19-2-6-22(27)7-3-19/h2-7,16-17,23H,8-15H2,1H3,(H,28,31). The monoisotopic (exact) mass is 425 g/mol.